The van der Waals surface area contributed by atoms with Gasteiger partial charge in [-0.15, -0.1) is 6.42 Å². The van der Waals surface area contributed by atoms with Crippen LogP contribution in [0.4, 0.5) is 0 Å². The first kappa shape index (κ1) is 24.4. The summed E-state index contributed by atoms with van der Waals surface area (Å²) in [6.07, 6.45) is 8.26. The number of hydrogen-bond donors (Lipinski definition) is 0. The van der Waals surface area contributed by atoms with E-state index in [1.54, 1.807) is 6.08 Å². The third-order valence-electron chi connectivity index (χ3n) is 1.04. The SMILES string of the molecule is C=CC(=O)OC1=[C-]CC=C1.C=O.C=O.C=O.[Mn]. The van der Waals surface area contributed by atoms with Crippen molar-refractivity contribution >= 4 is 26.3 Å². The van der Waals surface area contributed by atoms with Crippen molar-refractivity contribution < 1.29 is 41.0 Å². The van der Waals surface area contributed by atoms with Crippen molar-refractivity contribution in [1.29, 1.82) is 0 Å². The maximum absolute atomic E-state index is 10.5. The molecule has 0 aromatic carbocycles. The summed E-state index contributed by atoms with van der Waals surface area (Å²) in [7, 11) is 0. The van der Waals surface area contributed by atoms with Crippen LogP contribution >= 0.6 is 0 Å². The molecule has 0 saturated heterocycles. The molecule has 0 aromatic heterocycles. The van der Waals surface area contributed by atoms with Crippen molar-refractivity contribution in [3.63, 3.8) is 0 Å². The average Bonchev–Trinajstić information content (AvgIpc) is 2.89. The molecular formula is C11H13MnO5-. The van der Waals surface area contributed by atoms with Gasteiger partial charge in [0.2, 0.25) is 0 Å². The van der Waals surface area contributed by atoms with E-state index in [0.29, 0.717) is 5.76 Å². The smallest absolute Gasteiger partial charge is 0.332 e. The number of carbonyl (C=O) groups is 4. The summed E-state index contributed by atoms with van der Waals surface area (Å²) in [5.41, 5.74) is 0. The van der Waals surface area contributed by atoms with Gasteiger partial charge in [-0.2, -0.15) is 12.2 Å². The van der Waals surface area contributed by atoms with Crippen molar-refractivity contribution in [3.8, 4) is 0 Å². The number of rotatable bonds is 2. The van der Waals surface area contributed by atoms with Crippen molar-refractivity contribution in [1.82, 2.24) is 0 Å². The van der Waals surface area contributed by atoms with Gasteiger partial charge in [-0.3, -0.25) is 0 Å². The molecule has 0 fully saturated rings. The van der Waals surface area contributed by atoms with E-state index in [0.717, 1.165) is 12.5 Å². The minimum atomic E-state index is -0.436. The van der Waals surface area contributed by atoms with Crippen LogP contribution < -0.4 is 0 Å². The zero-order chi connectivity index (χ0) is 13.4. The van der Waals surface area contributed by atoms with Gasteiger partial charge < -0.3 is 19.1 Å². The molecule has 1 aliphatic rings. The average molecular weight is 280 g/mol. The molecule has 95 valence electrons. The Kier molecular flexibility index (Phi) is 34.2. The number of carbonyl (C=O) groups excluding carboxylic acids is 4. The summed E-state index contributed by atoms with van der Waals surface area (Å²) >= 11 is 0. The van der Waals surface area contributed by atoms with Crippen LogP contribution in [0.2, 0.25) is 0 Å². The molecule has 0 unspecified atom stereocenters. The standard InChI is InChI=1S/C8H7O2.3CH2O.Mn/c1-2-8(9)10-7-5-3-4-6-7;3*1-2;/h2-3,5H,1,4H2;3*1H2;/q-1;;;;. The Balaban J connectivity index is -0.000000106. The Morgan fingerprint density at radius 2 is 1.71 bits per heavy atom. The van der Waals surface area contributed by atoms with E-state index < -0.39 is 5.97 Å². The summed E-state index contributed by atoms with van der Waals surface area (Å²) in [4.78, 5) is 34.5. The van der Waals surface area contributed by atoms with E-state index in [1.165, 1.54) is 0 Å². The first-order valence-electron chi connectivity index (χ1n) is 3.81. The van der Waals surface area contributed by atoms with Gasteiger partial charge in [0.05, 0.1) is 0 Å². The van der Waals surface area contributed by atoms with Crippen molar-refractivity contribution in [2.45, 2.75) is 6.42 Å². The van der Waals surface area contributed by atoms with Crippen LogP contribution in [-0.2, 0) is 41.0 Å². The predicted octanol–water partition coefficient (Wildman–Crippen LogP) is 0.805. The van der Waals surface area contributed by atoms with Crippen LogP contribution in [-0.4, -0.2) is 26.3 Å². The number of hydrogen-bond acceptors (Lipinski definition) is 5. The Labute approximate surface area is 111 Å². The molecule has 1 rings (SSSR count). The maximum atomic E-state index is 10.5. The molecule has 0 amide bonds. The number of allylic oxidation sites excluding steroid dienone is 3. The van der Waals surface area contributed by atoms with Gasteiger partial charge in [0.1, 0.15) is 20.4 Å². The first-order valence-corrected chi connectivity index (χ1v) is 3.81. The van der Waals surface area contributed by atoms with Crippen LogP contribution in [0.1, 0.15) is 6.42 Å². The molecule has 17 heavy (non-hydrogen) atoms. The van der Waals surface area contributed by atoms with E-state index in [4.69, 9.17) is 19.1 Å². The molecule has 0 saturated carbocycles. The van der Waals surface area contributed by atoms with E-state index in [2.05, 4.69) is 12.7 Å². The molecule has 0 heterocycles. The molecule has 0 bridgehead atoms. The summed E-state index contributed by atoms with van der Waals surface area (Å²) in [5, 5.41) is 0. The van der Waals surface area contributed by atoms with Gasteiger partial charge in [-0.1, -0.05) is 6.58 Å². The van der Waals surface area contributed by atoms with Crippen LogP contribution in [0.5, 0.6) is 0 Å². The third kappa shape index (κ3) is 16.9. The zero-order valence-electron chi connectivity index (χ0n) is 9.19. The van der Waals surface area contributed by atoms with E-state index >= 15 is 0 Å². The first-order chi connectivity index (χ1) is 7.83. The van der Waals surface area contributed by atoms with Crippen molar-refractivity contribution in [2.24, 2.45) is 0 Å². The van der Waals surface area contributed by atoms with Gasteiger partial charge in [0.25, 0.3) is 0 Å². The molecule has 6 heteroatoms. The fourth-order valence-electron chi connectivity index (χ4n) is 0.605. The van der Waals surface area contributed by atoms with E-state index in [1.807, 2.05) is 26.4 Å². The second kappa shape index (κ2) is 23.8. The van der Waals surface area contributed by atoms with Gasteiger partial charge in [0, 0.05) is 23.1 Å². The van der Waals surface area contributed by atoms with Gasteiger partial charge in [-0.05, 0) is 5.76 Å². The van der Waals surface area contributed by atoms with Gasteiger partial charge >= 0.3 is 5.97 Å². The summed E-state index contributed by atoms with van der Waals surface area (Å²) in [6, 6.07) is 0. The summed E-state index contributed by atoms with van der Waals surface area (Å²) in [5.74, 6) is 0.0546. The topological polar surface area (TPSA) is 77.5 Å². The van der Waals surface area contributed by atoms with Gasteiger partial charge in [0.15, 0.2) is 0 Å². The minimum Gasteiger partial charge on any atom is -0.463 e. The Morgan fingerprint density at radius 3 is 2.00 bits per heavy atom. The molecule has 0 spiro atoms. The molecule has 0 atom stereocenters. The number of esters is 1. The van der Waals surface area contributed by atoms with E-state index in [-0.39, 0.29) is 17.1 Å². The van der Waals surface area contributed by atoms with Gasteiger partial charge in [-0.25, -0.2) is 10.9 Å². The fourth-order valence-corrected chi connectivity index (χ4v) is 0.605. The molecule has 1 radical (unpaired) electrons. The Morgan fingerprint density at radius 1 is 1.24 bits per heavy atom. The Bertz CT molecular complexity index is 256. The summed E-state index contributed by atoms with van der Waals surface area (Å²) in [6.45, 7) is 9.26. The molecular weight excluding hydrogens is 267 g/mol. The second-order valence-electron chi connectivity index (χ2n) is 1.77. The number of ether oxygens (including phenoxy) is 1. The van der Waals surface area contributed by atoms with Crippen LogP contribution in [0.25, 0.3) is 0 Å². The van der Waals surface area contributed by atoms with E-state index in [9.17, 15) is 4.79 Å². The van der Waals surface area contributed by atoms with Crippen molar-refractivity contribution in [2.75, 3.05) is 0 Å². The molecule has 0 aliphatic heterocycles. The predicted molar refractivity (Wildman–Crippen MR) is 58.2 cm³/mol. The second-order valence-corrected chi connectivity index (χ2v) is 1.77. The molecule has 0 N–H and O–H groups in total. The molecule has 5 nitrogen and oxygen atoms in total. The quantitative estimate of drug-likeness (QED) is 0.324. The molecule has 0 aromatic rings. The third-order valence-corrected chi connectivity index (χ3v) is 1.04. The normalized spacial score (nSPS) is 9.29. The molecule has 1 aliphatic carbocycles. The van der Waals surface area contributed by atoms with Crippen LogP contribution in [0.15, 0.2) is 30.6 Å². The maximum Gasteiger partial charge on any atom is 0.332 e. The summed E-state index contributed by atoms with van der Waals surface area (Å²) < 4.78 is 4.72. The van der Waals surface area contributed by atoms with Crippen LogP contribution in [0.3, 0.4) is 0 Å². The fraction of sp³-hybridized carbons (Fsp3) is 0.0909. The monoisotopic (exact) mass is 280 g/mol. The Hall–Kier alpha value is -1.78. The van der Waals surface area contributed by atoms with Crippen molar-refractivity contribution in [3.05, 3.63) is 36.6 Å². The largest absolute Gasteiger partial charge is 0.463 e. The zero-order valence-corrected chi connectivity index (χ0v) is 10.4. The minimum absolute atomic E-state index is 0. The van der Waals surface area contributed by atoms with Crippen LogP contribution in [0, 0.1) is 6.08 Å².